The predicted molar refractivity (Wildman–Crippen MR) is 97.3 cm³/mol. The first-order valence-electron chi connectivity index (χ1n) is 5.49. The van der Waals surface area contributed by atoms with Gasteiger partial charge in [-0.1, -0.05) is 27.7 Å². The minimum Gasteiger partial charge on any atom is -0.530 e. The van der Waals surface area contributed by atoms with E-state index in [2.05, 4.69) is 62.0 Å². The van der Waals surface area contributed by atoms with Gasteiger partial charge in [0, 0.05) is 0 Å². The molecule has 0 atom stereocenters. The molecule has 0 heterocycles. The molecular weight excluding hydrogens is 406 g/mol. The summed E-state index contributed by atoms with van der Waals surface area (Å²) in [5.74, 6) is 3.78. The number of hydrogen-bond donors (Lipinski definition) is 6. The largest absolute Gasteiger partial charge is 2.00 e. The number of carboxylic acid groups (broad SMARTS) is 2. The molecule has 6 nitrogen and oxygen atoms in total. The maximum atomic E-state index is 8.67. The summed E-state index contributed by atoms with van der Waals surface area (Å²) in [4.78, 5) is 17.3. The van der Waals surface area contributed by atoms with Gasteiger partial charge >= 0.3 is 19.5 Å². The van der Waals surface area contributed by atoms with Gasteiger partial charge in [0.2, 0.25) is 0 Å². The Morgan fingerprint density at radius 1 is 0.714 bits per heavy atom. The van der Waals surface area contributed by atoms with Gasteiger partial charge in [-0.25, -0.2) is 0 Å². The molecule has 0 saturated heterocycles. The first-order chi connectivity index (χ1) is 9.12. The van der Waals surface area contributed by atoms with Crippen molar-refractivity contribution in [1.82, 2.24) is 0 Å². The Morgan fingerprint density at radius 3 is 0.714 bits per heavy atom. The van der Waals surface area contributed by atoms with Gasteiger partial charge in [-0.2, -0.15) is 50.5 Å². The zero-order valence-corrected chi connectivity index (χ0v) is 19.7. The summed E-state index contributed by atoms with van der Waals surface area (Å²) in [6.07, 6.45) is -3.17. The van der Waals surface area contributed by atoms with Crippen LogP contribution in [0.4, 0.5) is 9.59 Å². The number of thiol groups is 4. The van der Waals surface area contributed by atoms with Crippen LogP contribution in [-0.4, -0.2) is 35.2 Å². The number of carbonyl (C=O) groups excluding carboxylic acids is 2. The maximum Gasteiger partial charge on any atom is 2.00 e. The molecule has 0 aliphatic carbocycles. The quantitative estimate of drug-likeness (QED) is 0.242. The fourth-order valence-electron chi connectivity index (χ4n) is 0. The summed E-state index contributed by atoms with van der Waals surface area (Å²) >= 11 is 15.2. The van der Waals surface area contributed by atoms with Crippen LogP contribution in [0, 0.1) is 0 Å². The summed E-state index contributed by atoms with van der Waals surface area (Å²) in [6.45, 7) is 7.96. The molecule has 2 amide bonds. The average Bonchev–Trinajstić information content (AvgIpc) is 2.18. The van der Waals surface area contributed by atoms with Crippen LogP contribution in [0.3, 0.4) is 0 Å². The van der Waals surface area contributed by atoms with E-state index in [0.717, 1.165) is 23.0 Å². The maximum absolute atomic E-state index is 8.67. The molecule has 21 heavy (non-hydrogen) atoms. The van der Waals surface area contributed by atoms with Gasteiger partial charge in [0.15, 0.2) is 0 Å². The number of carbonyl (C=O) groups is 2. The number of nitrogens with two attached hydrogens (primary N) is 2. The minimum absolute atomic E-state index is 0. The Hall–Kier alpha value is 0.563. The van der Waals surface area contributed by atoms with E-state index in [1.165, 1.54) is 0 Å². The van der Waals surface area contributed by atoms with Crippen LogP contribution < -0.4 is 21.7 Å². The molecule has 128 valence electrons. The van der Waals surface area contributed by atoms with Gasteiger partial charge in [-0.05, 0) is 23.0 Å². The van der Waals surface area contributed by atoms with Crippen molar-refractivity contribution in [3.05, 3.63) is 0 Å². The number of hydrogen-bond acceptors (Lipinski definition) is 8. The molecule has 0 aromatic rings. The van der Waals surface area contributed by atoms with E-state index in [4.69, 9.17) is 19.8 Å². The molecule has 0 bridgehead atoms. The van der Waals surface area contributed by atoms with E-state index in [9.17, 15) is 0 Å². The van der Waals surface area contributed by atoms with Crippen LogP contribution in [0.5, 0.6) is 0 Å². The zero-order chi connectivity index (χ0) is 18.0. The van der Waals surface area contributed by atoms with Crippen LogP contribution in [-0.2, 0) is 19.5 Å². The third-order valence-electron chi connectivity index (χ3n) is 0. The summed E-state index contributed by atoms with van der Waals surface area (Å²) in [6, 6.07) is 0. The van der Waals surface area contributed by atoms with E-state index in [0.29, 0.717) is 0 Å². The third-order valence-corrected chi connectivity index (χ3v) is 0. The molecule has 4 N–H and O–H groups in total. The summed E-state index contributed by atoms with van der Waals surface area (Å²) in [5.41, 5.74) is 7.83. The van der Waals surface area contributed by atoms with Crippen LogP contribution in [0.25, 0.3) is 0 Å². The molecule has 0 saturated carbocycles. The van der Waals surface area contributed by atoms with Crippen molar-refractivity contribution >= 4 is 62.7 Å². The second-order valence-electron chi connectivity index (χ2n) is 1.90. The molecule has 0 rings (SSSR count). The molecule has 0 aliphatic rings. The molecule has 0 aromatic carbocycles. The van der Waals surface area contributed by atoms with Crippen LogP contribution >= 0.6 is 50.5 Å². The molecular formula is C10H28N2O4S4Zn. The topological polar surface area (TPSA) is 132 Å². The second kappa shape index (κ2) is 70.5. The molecule has 0 spiro atoms. The first-order valence-corrected chi connectivity index (χ1v) is 8.02. The number of amides is 2. The average molecular weight is 434 g/mol. The van der Waals surface area contributed by atoms with Crippen LogP contribution in [0.15, 0.2) is 0 Å². The Kier molecular flexibility index (Phi) is 144. The van der Waals surface area contributed by atoms with E-state index in [1.807, 2.05) is 27.7 Å². The molecule has 0 unspecified atom stereocenters. The SMILES string of the molecule is CCS.CCS.CCS.CCS.NC(=O)[O-].NC(=O)[O-].[Zn+2]. The predicted octanol–water partition coefficient (Wildman–Crippen LogP) is 0.319. The van der Waals surface area contributed by atoms with E-state index < -0.39 is 12.2 Å². The zero-order valence-electron chi connectivity index (χ0n) is 13.1. The van der Waals surface area contributed by atoms with Crippen molar-refractivity contribution < 1.29 is 39.3 Å². The first kappa shape index (κ1) is 43.0. The van der Waals surface area contributed by atoms with Crippen molar-refractivity contribution in [3.63, 3.8) is 0 Å². The molecule has 0 fully saturated rings. The van der Waals surface area contributed by atoms with Crippen LogP contribution in [0.1, 0.15) is 27.7 Å². The Morgan fingerprint density at radius 2 is 0.714 bits per heavy atom. The smallest absolute Gasteiger partial charge is 0.530 e. The Bertz CT molecular complexity index is 133. The third kappa shape index (κ3) is 22300. The van der Waals surface area contributed by atoms with E-state index in [-0.39, 0.29) is 19.5 Å². The monoisotopic (exact) mass is 432 g/mol. The van der Waals surface area contributed by atoms with Gasteiger partial charge in [0.05, 0.1) is 0 Å². The summed E-state index contributed by atoms with van der Waals surface area (Å²) in [7, 11) is 0. The standard InChI is InChI=1S/4C2H6S.2CH3NO2.Zn/c4*1-2-3;2*2-1(3)4;/h4*3H,2H2,1H3;2*2H2,(H,3,4);/q;;;;;;+2/p-2. The van der Waals surface area contributed by atoms with Crippen LogP contribution in [0.2, 0.25) is 0 Å². The molecule has 0 aromatic heterocycles. The molecule has 0 aliphatic heterocycles. The van der Waals surface area contributed by atoms with E-state index >= 15 is 0 Å². The molecule has 11 heteroatoms. The fourth-order valence-corrected chi connectivity index (χ4v) is 0. The van der Waals surface area contributed by atoms with Crippen molar-refractivity contribution in [2.24, 2.45) is 11.5 Å². The fraction of sp³-hybridized carbons (Fsp3) is 0.800. The van der Waals surface area contributed by atoms with Gasteiger partial charge in [-0.3, -0.25) is 0 Å². The van der Waals surface area contributed by atoms with Gasteiger partial charge in [-0.15, -0.1) is 0 Å². The number of rotatable bonds is 0. The van der Waals surface area contributed by atoms with Gasteiger partial charge in [0.1, 0.15) is 12.2 Å². The van der Waals surface area contributed by atoms with Crippen molar-refractivity contribution in [1.29, 1.82) is 0 Å². The Labute approximate surface area is 163 Å². The van der Waals surface area contributed by atoms with Crippen molar-refractivity contribution in [2.45, 2.75) is 27.7 Å². The summed E-state index contributed by atoms with van der Waals surface area (Å²) in [5, 5.41) is 17.3. The Balaban J connectivity index is -0.0000000223. The van der Waals surface area contributed by atoms with Crippen molar-refractivity contribution in [3.8, 4) is 0 Å². The van der Waals surface area contributed by atoms with Gasteiger partial charge in [0.25, 0.3) is 0 Å². The molecule has 0 radical (unpaired) electrons. The minimum atomic E-state index is -1.58. The number of primary amides is 2. The van der Waals surface area contributed by atoms with E-state index in [1.54, 1.807) is 0 Å². The summed E-state index contributed by atoms with van der Waals surface area (Å²) < 4.78 is 0. The van der Waals surface area contributed by atoms with Crippen molar-refractivity contribution in [2.75, 3.05) is 23.0 Å². The second-order valence-corrected chi connectivity index (χ2v) is 4.43. The normalized spacial score (nSPS) is 5.71. The van der Waals surface area contributed by atoms with Gasteiger partial charge < -0.3 is 31.3 Å².